The van der Waals surface area contributed by atoms with Crippen molar-refractivity contribution in [3.05, 3.63) is 125 Å². The maximum Gasteiger partial charge on any atom is 0.408 e. The van der Waals surface area contributed by atoms with Gasteiger partial charge in [-0.25, -0.2) is 14.4 Å². The second kappa shape index (κ2) is 23.8. The second-order valence-electron chi connectivity index (χ2n) is 12.3. The Labute approximate surface area is 371 Å². The predicted molar refractivity (Wildman–Crippen MR) is 207 cm³/mol. The lowest BCUT2D eigenvalue weighted by Crippen LogP contribution is -2.28. The number of hydrogen-bond acceptors (Lipinski definition) is 11. The van der Waals surface area contributed by atoms with Crippen molar-refractivity contribution >= 4 is 17.9 Å². The van der Waals surface area contributed by atoms with E-state index in [-0.39, 0.29) is 26.3 Å². The Bertz CT molecular complexity index is 2430. The molecule has 2 heterocycles. The summed E-state index contributed by atoms with van der Waals surface area (Å²) >= 11 is 0. The number of hydrogen-bond donors (Lipinski definition) is 1. The molecule has 0 aliphatic carbocycles. The van der Waals surface area contributed by atoms with Crippen molar-refractivity contribution in [1.29, 1.82) is 0 Å². The molecule has 0 saturated carbocycles. The molecule has 0 aliphatic rings. The third-order valence-electron chi connectivity index (χ3n) is 7.84. The molecule has 3 aromatic carbocycles. The third-order valence-corrected chi connectivity index (χ3v) is 7.84. The zero-order chi connectivity index (χ0) is 49.9. The second-order valence-corrected chi connectivity index (χ2v) is 12.3. The summed E-state index contributed by atoms with van der Waals surface area (Å²) in [6, 6.07) is 15.9. The Morgan fingerprint density at radius 3 is 1.30 bits per heavy atom. The molecule has 0 atom stereocenters. The van der Waals surface area contributed by atoms with Crippen LogP contribution in [0.3, 0.4) is 0 Å². The molecule has 0 fully saturated rings. The minimum atomic E-state index is -4.69. The number of methoxy groups -OCH3 is 3. The molecule has 0 bridgehead atoms. The number of phenols is 1. The summed E-state index contributed by atoms with van der Waals surface area (Å²) in [7, 11) is 2.42. The van der Waals surface area contributed by atoms with Crippen LogP contribution in [0.4, 0.5) is 52.7 Å². The molecular weight excluding hydrogens is 920 g/mol. The maximum atomic E-state index is 14.2. The Hall–Kier alpha value is -6.95. The van der Waals surface area contributed by atoms with E-state index >= 15 is 0 Å². The monoisotopic (exact) mass is 964 g/mol. The molecule has 0 spiro atoms. The zero-order valence-corrected chi connectivity index (χ0v) is 32.9. The number of para-hydroxylation sites is 3. The lowest BCUT2D eigenvalue weighted by molar-refractivity contribution is -0.170. The van der Waals surface area contributed by atoms with E-state index < -0.39 is 108 Å². The van der Waals surface area contributed by atoms with Gasteiger partial charge < -0.3 is 28.8 Å². The Morgan fingerprint density at radius 1 is 0.545 bits per heavy atom. The number of aromatic nitrogens is 4. The van der Waals surface area contributed by atoms with Crippen LogP contribution in [0.25, 0.3) is 0 Å². The lowest BCUT2D eigenvalue weighted by Gasteiger charge is -2.18. The number of ether oxygens (including phenoxy) is 5. The highest BCUT2D eigenvalue weighted by molar-refractivity contribution is 5.81. The number of rotatable bonds is 14. The SMILES string of the molecule is C.C.COC(=O)C(F)(F)c1ccccc1O.COC(=O)C(F)(F)c1ccccc1OCc1ccnn1CC(F)(F)F.[2H]C([2H])(Oc1ccccc1C(F)(F)C(=O)OC)c1ccnn1CC(F)(F)F. The third kappa shape index (κ3) is 15.4. The lowest BCUT2D eigenvalue weighted by atomic mass is 10.1. The fourth-order valence-electron chi connectivity index (χ4n) is 4.89. The predicted octanol–water partition coefficient (Wildman–Crippen LogP) is 9.51. The smallest absolute Gasteiger partial charge is 0.408 e. The molecule has 0 saturated heterocycles. The first-order valence-corrected chi connectivity index (χ1v) is 17.4. The number of esters is 3. The van der Waals surface area contributed by atoms with Crippen molar-refractivity contribution in [3.8, 4) is 17.2 Å². The first-order chi connectivity index (χ1) is 30.5. The summed E-state index contributed by atoms with van der Waals surface area (Å²) in [5, 5.41) is 16.0. The molecule has 5 aromatic rings. The molecule has 5 rings (SSSR count). The number of phenolic OH excluding ortho intramolecular Hbond substituents is 1. The maximum absolute atomic E-state index is 14.2. The largest absolute Gasteiger partial charge is 0.507 e. The number of halogens is 12. The fraction of sp³-hybridized carbons (Fsp3) is 0.341. The number of benzene rings is 3. The van der Waals surface area contributed by atoms with Gasteiger partial charge in [-0.3, -0.25) is 9.36 Å². The van der Waals surface area contributed by atoms with Crippen LogP contribution < -0.4 is 9.47 Å². The van der Waals surface area contributed by atoms with Crippen molar-refractivity contribution in [2.75, 3.05) is 21.3 Å². The summed E-state index contributed by atoms with van der Waals surface area (Å²) in [5.74, 6) is -19.0. The van der Waals surface area contributed by atoms with Crippen LogP contribution in [0.15, 0.2) is 97.3 Å². The van der Waals surface area contributed by atoms with E-state index in [1.54, 1.807) is 0 Å². The van der Waals surface area contributed by atoms with Gasteiger partial charge in [0.05, 0.1) is 52.1 Å². The minimum absolute atomic E-state index is 0. The van der Waals surface area contributed by atoms with E-state index in [0.29, 0.717) is 9.36 Å². The topological polar surface area (TPSA) is 153 Å². The molecule has 0 radical (unpaired) electrons. The molecule has 66 heavy (non-hydrogen) atoms. The van der Waals surface area contributed by atoms with E-state index in [0.717, 1.165) is 76.2 Å². The van der Waals surface area contributed by atoms with Crippen LogP contribution in [0.5, 0.6) is 17.2 Å². The van der Waals surface area contributed by atoms with Gasteiger partial charge in [0.1, 0.15) is 43.5 Å². The quantitative estimate of drug-likeness (QED) is 0.0643. The van der Waals surface area contributed by atoms with Crippen molar-refractivity contribution in [2.45, 2.75) is 71.2 Å². The summed E-state index contributed by atoms with van der Waals surface area (Å²) in [6.45, 7) is -6.33. The number of carbonyl (C=O) groups is 3. The van der Waals surface area contributed by atoms with Crippen molar-refractivity contribution in [1.82, 2.24) is 19.6 Å². The van der Waals surface area contributed by atoms with E-state index in [2.05, 4.69) is 24.4 Å². The van der Waals surface area contributed by atoms with Gasteiger partial charge >= 0.3 is 48.0 Å². The average molecular weight is 965 g/mol. The molecule has 364 valence electrons. The molecule has 25 heteroatoms. The molecule has 13 nitrogen and oxygen atoms in total. The van der Waals surface area contributed by atoms with Gasteiger partial charge in [0.15, 0.2) is 0 Å². The Kier molecular flexibility index (Phi) is 19.3. The zero-order valence-electron chi connectivity index (χ0n) is 34.9. The summed E-state index contributed by atoms with van der Waals surface area (Å²) in [6.07, 6.45) is -7.13. The normalized spacial score (nSPS) is 12.2. The van der Waals surface area contributed by atoms with Gasteiger partial charge in [-0.2, -0.15) is 62.9 Å². The van der Waals surface area contributed by atoms with Crippen molar-refractivity contribution in [3.63, 3.8) is 0 Å². The molecule has 0 amide bonds. The summed E-state index contributed by atoms with van der Waals surface area (Å²) in [5.41, 5.74) is -3.11. The van der Waals surface area contributed by atoms with E-state index in [1.165, 1.54) is 42.5 Å². The van der Waals surface area contributed by atoms with Gasteiger partial charge in [-0.05, 0) is 48.5 Å². The molecule has 1 N–H and O–H groups in total. The highest BCUT2D eigenvalue weighted by Crippen LogP contribution is 2.38. The molecule has 0 unspecified atom stereocenters. The van der Waals surface area contributed by atoms with Crippen LogP contribution in [-0.2, 0) is 72.6 Å². The highest BCUT2D eigenvalue weighted by atomic mass is 19.4. The fourth-order valence-corrected chi connectivity index (χ4v) is 4.89. The van der Waals surface area contributed by atoms with Crippen LogP contribution in [0, 0.1) is 0 Å². The minimum Gasteiger partial charge on any atom is -0.507 e. The average Bonchev–Trinajstić information content (AvgIpc) is 3.90. The Balaban J connectivity index is 0.000000526. The number of nitrogens with zero attached hydrogens (tertiary/aromatic N) is 4. The standard InChI is InChI=1S/2C15H13F5N2O3.C9H8F2O3.2CH4/c2*1-24-13(23)15(19,20)11-4-2-3-5-12(11)25-8-10-6-7-21-22(10)9-14(16,17)18;1-14-8(13)9(10,11)6-4-2-3-5-7(6)12;;/h2*2-7H,8-9H2,1H3;2-5,12H,1H3;2*1H4/i8D2;;;;. The van der Waals surface area contributed by atoms with Gasteiger partial charge in [-0.15, -0.1) is 0 Å². The number of alkyl halides is 12. The summed E-state index contributed by atoms with van der Waals surface area (Å²) < 4.78 is 197. The first kappa shape index (κ1) is 53.4. The highest BCUT2D eigenvalue weighted by Gasteiger charge is 2.46. The van der Waals surface area contributed by atoms with Crippen LogP contribution in [-0.4, -0.2) is 76.3 Å². The van der Waals surface area contributed by atoms with E-state index in [4.69, 9.17) is 17.3 Å². The van der Waals surface area contributed by atoms with Gasteiger partial charge in [-0.1, -0.05) is 51.3 Å². The Morgan fingerprint density at radius 2 is 0.894 bits per heavy atom. The van der Waals surface area contributed by atoms with Crippen molar-refractivity contribution in [2.24, 2.45) is 0 Å². The van der Waals surface area contributed by atoms with Crippen LogP contribution >= 0.6 is 0 Å². The summed E-state index contributed by atoms with van der Waals surface area (Å²) in [4.78, 5) is 33.3. The van der Waals surface area contributed by atoms with Crippen LogP contribution in [0.1, 0.15) is 45.7 Å². The van der Waals surface area contributed by atoms with Crippen molar-refractivity contribution < 1.29 is 98.6 Å². The number of carbonyl (C=O) groups excluding carboxylic acids is 3. The van der Waals surface area contributed by atoms with Gasteiger partial charge in [0.2, 0.25) is 0 Å². The van der Waals surface area contributed by atoms with Gasteiger partial charge in [0, 0.05) is 12.4 Å². The number of aromatic hydroxyl groups is 1. The van der Waals surface area contributed by atoms with Crippen LogP contribution in [0.2, 0.25) is 0 Å². The molecule has 2 aromatic heterocycles. The van der Waals surface area contributed by atoms with Gasteiger partial charge in [0.25, 0.3) is 0 Å². The van der Waals surface area contributed by atoms with E-state index in [1.807, 2.05) is 0 Å². The first-order valence-electron chi connectivity index (χ1n) is 18.4. The van der Waals surface area contributed by atoms with E-state index in [9.17, 15) is 67.1 Å². The molecular formula is C41H42F12N4O9. The molecule has 0 aliphatic heterocycles.